The highest BCUT2D eigenvalue weighted by Crippen LogP contribution is 2.47. The number of thioether (sulfide) groups is 2. The van der Waals surface area contributed by atoms with E-state index in [1.54, 1.807) is 23.5 Å². The molecule has 4 aromatic carbocycles. The predicted octanol–water partition coefficient (Wildman–Crippen LogP) is 9.51. The van der Waals surface area contributed by atoms with Gasteiger partial charge in [-0.3, -0.25) is 0 Å². The predicted molar refractivity (Wildman–Crippen MR) is 139 cm³/mol. The molecule has 4 aromatic rings. The van der Waals surface area contributed by atoms with E-state index in [0.29, 0.717) is 0 Å². The van der Waals surface area contributed by atoms with Crippen LogP contribution >= 0.6 is 55.4 Å². The van der Waals surface area contributed by atoms with E-state index in [1.807, 2.05) is 24.3 Å². The van der Waals surface area contributed by atoms with Gasteiger partial charge in [-0.25, -0.2) is 0 Å². The maximum Gasteiger partial charge on any atom is 0.134 e. The molecule has 0 radical (unpaired) electrons. The first-order valence-corrected chi connectivity index (χ1v) is 13.1. The Kier molecular flexibility index (Phi) is 8.34. The Hall–Kier alpha value is -1.50. The van der Waals surface area contributed by atoms with Crippen LogP contribution in [0.2, 0.25) is 0 Å². The number of rotatable bonds is 8. The van der Waals surface area contributed by atoms with Crippen molar-refractivity contribution in [3.8, 4) is 0 Å². The average molecular weight is 572 g/mol. The summed E-state index contributed by atoms with van der Waals surface area (Å²) >= 11 is 10.8. The van der Waals surface area contributed by atoms with Gasteiger partial charge in [0.2, 0.25) is 0 Å². The highest BCUT2D eigenvalue weighted by Gasteiger charge is 2.23. The van der Waals surface area contributed by atoms with Crippen LogP contribution in [0.3, 0.4) is 0 Å². The summed E-state index contributed by atoms with van der Waals surface area (Å²) in [6.45, 7) is 0. The molecule has 0 aliphatic carbocycles. The van der Waals surface area contributed by atoms with Crippen molar-refractivity contribution in [3.63, 3.8) is 0 Å². The normalized spacial score (nSPS) is 13.0. The summed E-state index contributed by atoms with van der Waals surface area (Å²) in [7, 11) is 0. The molecule has 1 nitrogen and oxygen atoms in total. The molecule has 0 aliphatic heterocycles. The molecule has 2 atom stereocenters. The topological polar surface area (TPSA) is 9.23 Å². The van der Waals surface area contributed by atoms with E-state index in [4.69, 9.17) is 4.74 Å². The first kappa shape index (κ1) is 22.7. The second kappa shape index (κ2) is 11.4. The minimum Gasteiger partial charge on any atom is -0.343 e. The van der Waals surface area contributed by atoms with Crippen molar-refractivity contribution in [2.45, 2.75) is 20.7 Å². The standard InChI is InChI=1S/C26H20Br2OS2/c27-21-15-7-9-17-23(21)30-25(19-11-3-1-4-12-19)29-26(20-13-5-2-6-14-20)31-24-18-10-8-16-22(24)28/h1-18,25-26H. The summed E-state index contributed by atoms with van der Waals surface area (Å²) in [5, 5.41) is 0. The molecule has 0 bridgehead atoms. The fourth-order valence-corrected chi connectivity index (χ4v) is 6.25. The van der Waals surface area contributed by atoms with Crippen LogP contribution in [0.5, 0.6) is 0 Å². The van der Waals surface area contributed by atoms with Gasteiger partial charge in [0, 0.05) is 18.7 Å². The van der Waals surface area contributed by atoms with E-state index < -0.39 is 0 Å². The van der Waals surface area contributed by atoms with Gasteiger partial charge in [0.25, 0.3) is 0 Å². The first-order chi connectivity index (χ1) is 15.2. The number of ether oxygens (including phenoxy) is 1. The van der Waals surface area contributed by atoms with E-state index >= 15 is 0 Å². The second-order valence-electron chi connectivity index (χ2n) is 6.72. The summed E-state index contributed by atoms with van der Waals surface area (Å²) in [6.07, 6.45) is 0. The molecule has 0 saturated carbocycles. The SMILES string of the molecule is Brc1ccccc1SC(OC(Sc1ccccc1Br)c1ccccc1)c1ccccc1. The third-order valence-electron chi connectivity index (χ3n) is 4.53. The van der Waals surface area contributed by atoms with E-state index in [0.717, 1.165) is 29.9 Å². The number of hydrogen-bond acceptors (Lipinski definition) is 3. The lowest BCUT2D eigenvalue weighted by Crippen LogP contribution is -2.06. The lowest BCUT2D eigenvalue weighted by molar-refractivity contribution is 0.0919. The van der Waals surface area contributed by atoms with Gasteiger partial charge in [-0.15, -0.1) is 0 Å². The molecule has 0 aliphatic rings. The molecule has 0 saturated heterocycles. The van der Waals surface area contributed by atoms with Gasteiger partial charge < -0.3 is 4.74 Å². The van der Waals surface area contributed by atoms with Crippen LogP contribution in [-0.4, -0.2) is 0 Å². The highest BCUT2D eigenvalue weighted by molar-refractivity contribution is 9.10. The van der Waals surface area contributed by atoms with Crippen LogP contribution in [-0.2, 0) is 4.74 Å². The Morgan fingerprint density at radius 3 is 1.23 bits per heavy atom. The van der Waals surface area contributed by atoms with Crippen molar-refractivity contribution < 1.29 is 4.74 Å². The molecule has 5 heteroatoms. The van der Waals surface area contributed by atoms with E-state index in [2.05, 4.69) is 117 Å². The van der Waals surface area contributed by atoms with Gasteiger partial charge in [0.15, 0.2) is 0 Å². The maximum absolute atomic E-state index is 6.82. The monoisotopic (exact) mass is 570 g/mol. The molecule has 2 unspecified atom stereocenters. The summed E-state index contributed by atoms with van der Waals surface area (Å²) < 4.78 is 8.96. The zero-order valence-corrected chi connectivity index (χ0v) is 21.3. The fraction of sp³-hybridized carbons (Fsp3) is 0.0769. The molecule has 0 aromatic heterocycles. The smallest absolute Gasteiger partial charge is 0.134 e. The van der Waals surface area contributed by atoms with Crippen molar-refractivity contribution in [1.29, 1.82) is 0 Å². The number of benzene rings is 4. The quantitative estimate of drug-likeness (QED) is 0.154. The zero-order valence-electron chi connectivity index (χ0n) is 16.5. The van der Waals surface area contributed by atoms with E-state index in [-0.39, 0.29) is 10.9 Å². The van der Waals surface area contributed by atoms with E-state index in [9.17, 15) is 0 Å². The summed E-state index contributed by atoms with van der Waals surface area (Å²) in [5.41, 5.74) is 1.94. The molecule has 0 heterocycles. The van der Waals surface area contributed by atoms with Crippen LogP contribution in [0.15, 0.2) is 128 Å². The molecule has 156 valence electrons. The minimum absolute atomic E-state index is 0.167. The van der Waals surface area contributed by atoms with Crippen LogP contribution in [0.4, 0.5) is 0 Å². The zero-order chi connectivity index (χ0) is 21.5. The Morgan fingerprint density at radius 1 is 0.484 bits per heavy atom. The van der Waals surface area contributed by atoms with Crippen molar-refractivity contribution in [3.05, 3.63) is 129 Å². The van der Waals surface area contributed by atoms with Crippen LogP contribution in [0.1, 0.15) is 22.0 Å². The number of halogens is 2. The van der Waals surface area contributed by atoms with E-state index in [1.165, 1.54) is 0 Å². The van der Waals surface area contributed by atoms with Gasteiger partial charge in [0.1, 0.15) is 10.9 Å². The molecular weight excluding hydrogens is 552 g/mol. The Labute approximate surface area is 208 Å². The number of hydrogen-bond donors (Lipinski definition) is 0. The highest BCUT2D eigenvalue weighted by atomic mass is 79.9. The van der Waals surface area contributed by atoms with Gasteiger partial charge in [-0.1, -0.05) is 108 Å². The summed E-state index contributed by atoms with van der Waals surface area (Å²) in [6, 6.07) is 37.3. The van der Waals surface area contributed by atoms with Gasteiger partial charge in [-0.05, 0) is 67.3 Å². The van der Waals surface area contributed by atoms with Crippen molar-refractivity contribution >= 4 is 55.4 Å². The molecule has 0 fully saturated rings. The molecular formula is C26H20Br2OS2. The first-order valence-electron chi connectivity index (χ1n) is 9.78. The van der Waals surface area contributed by atoms with Crippen molar-refractivity contribution in [2.75, 3.05) is 0 Å². The molecule has 0 amide bonds. The van der Waals surface area contributed by atoms with Crippen LogP contribution < -0.4 is 0 Å². The molecule has 4 rings (SSSR count). The summed E-state index contributed by atoms with van der Waals surface area (Å²) in [4.78, 5) is 2.29. The Balaban J connectivity index is 1.68. The Morgan fingerprint density at radius 2 is 0.839 bits per heavy atom. The van der Waals surface area contributed by atoms with Gasteiger partial charge in [-0.2, -0.15) is 0 Å². The third-order valence-corrected chi connectivity index (χ3v) is 8.85. The Bertz CT molecular complexity index is 1020. The second-order valence-corrected chi connectivity index (χ2v) is 10.6. The molecule has 0 N–H and O–H groups in total. The largest absolute Gasteiger partial charge is 0.343 e. The minimum atomic E-state index is -0.167. The summed E-state index contributed by atoms with van der Waals surface area (Å²) in [5.74, 6) is 0. The van der Waals surface area contributed by atoms with Gasteiger partial charge in [0.05, 0.1) is 0 Å². The lowest BCUT2D eigenvalue weighted by atomic mass is 10.2. The third kappa shape index (κ3) is 6.27. The van der Waals surface area contributed by atoms with Gasteiger partial charge >= 0.3 is 0 Å². The average Bonchev–Trinajstić information content (AvgIpc) is 2.82. The van der Waals surface area contributed by atoms with Crippen molar-refractivity contribution in [1.82, 2.24) is 0 Å². The lowest BCUT2D eigenvalue weighted by Gasteiger charge is -2.26. The molecule has 31 heavy (non-hydrogen) atoms. The fourth-order valence-electron chi connectivity index (χ4n) is 2.99. The van der Waals surface area contributed by atoms with Crippen LogP contribution in [0, 0.1) is 0 Å². The maximum atomic E-state index is 6.82. The molecule has 0 spiro atoms. The van der Waals surface area contributed by atoms with Crippen molar-refractivity contribution in [2.24, 2.45) is 0 Å². The van der Waals surface area contributed by atoms with Crippen LogP contribution in [0.25, 0.3) is 0 Å².